The third kappa shape index (κ3) is 3.14. The molecule has 0 bridgehead atoms. The van der Waals surface area contributed by atoms with E-state index in [1.165, 1.54) is 12.8 Å². The van der Waals surface area contributed by atoms with Crippen LogP contribution in [0.5, 0.6) is 5.75 Å². The quantitative estimate of drug-likeness (QED) is 0.864. The van der Waals surface area contributed by atoms with E-state index in [4.69, 9.17) is 9.15 Å². The highest BCUT2D eigenvalue weighted by Crippen LogP contribution is 2.28. The van der Waals surface area contributed by atoms with E-state index < -0.39 is 0 Å². The van der Waals surface area contributed by atoms with Crippen LogP contribution in [0.2, 0.25) is 0 Å². The van der Waals surface area contributed by atoms with Gasteiger partial charge in [0.15, 0.2) is 0 Å². The highest BCUT2D eigenvalue weighted by Gasteiger charge is 2.25. The van der Waals surface area contributed by atoms with Gasteiger partial charge >= 0.3 is 0 Å². The van der Waals surface area contributed by atoms with E-state index in [0.717, 1.165) is 30.3 Å². The Morgan fingerprint density at radius 3 is 2.50 bits per heavy atom. The number of benzene rings is 1. The summed E-state index contributed by atoms with van der Waals surface area (Å²) in [6, 6.07) is 7.84. The first kappa shape index (κ1) is 15.0. The van der Waals surface area contributed by atoms with Crippen LogP contribution in [-0.4, -0.2) is 35.3 Å². The van der Waals surface area contributed by atoms with Gasteiger partial charge in [0.2, 0.25) is 11.8 Å². The SMILES string of the molecule is COc1ccc(-c2nnc([C@H](C)N3CCC(C)CC3)o2)cc1. The van der Waals surface area contributed by atoms with E-state index >= 15 is 0 Å². The molecule has 0 radical (unpaired) electrons. The van der Waals surface area contributed by atoms with Crippen molar-refractivity contribution in [3.63, 3.8) is 0 Å². The Labute approximate surface area is 131 Å². The largest absolute Gasteiger partial charge is 0.497 e. The van der Waals surface area contributed by atoms with Gasteiger partial charge in [-0.05, 0) is 63.0 Å². The molecule has 1 fully saturated rings. The average Bonchev–Trinajstić information content (AvgIpc) is 3.05. The van der Waals surface area contributed by atoms with Crippen LogP contribution >= 0.6 is 0 Å². The summed E-state index contributed by atoms with van der Waals surface area (Å²) < 4.78 is 11.0. The first-order valence-corrected chi connectivity index (χ1v) is 7.89. The van der Waals surface area contributed by atoms with E-state index in [9.17, 15) is 0 Å². The van der Waals surface area contributed by atoms with Crippen LogP contribution in [-0.2, 0) is 0 Å². The lowest BCUT2D eigenvalue weighted by Crippen LogP contribution is -2.35. The summed E-state index contributed by atoms with van der Waals surface area (Å²) >= 11 is 0. The summed E-state index contributed by atoms with van der Waals surface area (Å²) in [4.78, 5) is 2.42. The van der Waals surface area contributed by atoms with Crippen molar-refractivity contribution in [1.82, 2.24) is 15.1 Å². The number of hydrogen-bond donors (Lipinski definition) is 0. The molecule has 0 spiro atoms. The van der Waals surface area contributed by atoms with Crippen molar-refractivity contribution < 1.29 is 9.15 Å². The van der Waals surface area contributed by atoms with Gasteiger partial charge in [0.1, 0.15) is 5.75 Å². The van der Waals surface area contributed by atoms with Crippen LogP contribution < -0.4 is 4.74 Å². The normalized spacial score (nSPS) is 18.3. The molecule has 0 unspecified atom stereocenters. The molecule has 1 aromatic heterocycles. The summed E-state index contributed by atoms with van der Waals surface area (Å²) in [5, 5.41) is 8.43. The van der Waals surface area contributed by atoms with Gasteiger partial charge in [-0.2, -0.15) is 0 Å². The van der Waals surface area contributed by atoms with Gasteiger partial charge < -0.3 is 9.15 Å². The molecule has 0 N–H and O–H groups in total. The van der Waals surface area contributed by atoms with E-state index in [2.05, 4.69) is 28.9 Å². The number of ether oxygens (including phenoxy) is 1. The first-order valence-electron chi connectivity index (χ1n) is 7.89. The summed E-state index contributed by atoms with van der Waals surface area (Å²) in [6.07, 6.45) is 2.48. The molecule has 0 saturated carbocycles. The van der Waals surface area contributed by atoms with Crippen molar-refractivity contribution in [2.24, 2.45) is 5.92 Å². The fourth-order valence-electron chi connectivity index (χ4n) is 2.83. The second-order valence-electron chi connectivity index (χ2n) is 6.07. The monoisotopic (exact) mass is 301 g/mol. The van der Waals surface area contributed by atoms with Crippen LogP contribution in [0.4, 0.5) is 0 Å². The van der Waals surface area contributed by atoms with Crippen LogP contribution in [0.3, 0.4) is 0 Å². The molecular formula is C17H23N3O2. The average molecular weight is 301 g/mol. The molecule has 2 aromatic rings. The smallest absolute Gasteiger partial charge is 0.247 e. The maximum absolute atomic E-state index is 5.88. The number of piperidine rings is 1. The zero-order valence-corrected chi connectivity index (χ0v) is 13.5. The predicted octanol–water partition coefficient (Wildman–Crippen LogP) is 3.54. The lowest BCUT2D eigenvalue weighted by atomic mass is 9.98. The fraction of sp³-hybridized carbons (Fsp3) is 0.529. The van der Waals surface area contributed by atoms with Crippen LogP contribution in [0.1, 0.15) is 38.6 Å². The fourth-order valence-corrected chi connectivity index (χ4v) is 2.83. The molecule has 0 aliphatic carbocycles. The molecular weight excluding hydrogens is 278 g/mol. The highest BCUT2D eigenvalue weighted by molar-refractivity contribution is 5.53. The van der Waals surface area contributed by atoms with Crippen molar-refractivity contribution in [3.05, 3.63) is 30.2 Å². The maximum atomic E-state index is 5.88. The number of hydrogen-bond acceptors (Lipinski definition) is 5. The third-order valence-corrected chi connectivity index (χ3v) is 4.50. The van der Waals surface area contributed by atoms with Gasteiger partial charge in [-0.15, -0.1) is 10.2 Å². The molecule has 118 valence electrons. The van der Waals surface area contributed by atoms with Crippen LogP contribution in [0.15, 0.2) is 28.7 Å². The zero-order valence-electron chi connectivity index (χ0n) is 13.5. The number of nitrogens with zero attached hydrogens (tertiary/aromatic N) is 3. The van der Waals surface area contributed by atoms with E-state index in [0.29, 0.717) is 11.8 Å². The van der Waals surface area contributed by atoms with E-state index in [1.807, 2.05) is 24.3 Å². The molecule has 1 aromatic carbocycles. The predicted molar refractivity (Wildman–Crippen MR) is 84.7 cm³/mol. The molecule has 1 saturated heterocycles. The van der Waals surface area contributed by atoms with Crippen molar-refractivity contribution in [3.8, 4) is 17.2 Å². The zero-order chi connectivity index (χ0) is 15.5. The molecule has 3 rings (SSSR count). The Kier molecular flexibility index (Phi) is 4.43. The van der Waals surface area contributed by atoms with Gasteiger partial charge in [-0.1, -0.05) is 6.92 Å². The van der Waals surface area contributed by atoms with Crippen molar-refractivity contribution in [2.75, 3.05) is 20.2 Å². The Hall–Kier alpha value is -1.88. The van der Waals surface area contributed by atoms with E-state index in [-0.39, 0.29) is 6.04 Å². The topological polar surface area (TPSA) is 51.4 Å². The Bertz CT molecular complexity index is 601. The number of rotatable bonds is 4. The molecule has 5 nitrogen and oxygen atoms in total. The third-order valence-electron chi connectivity index (χ3n) is 4.50. The number of methoxy groups -OCH3 is 1. The molecule has 0 amide bonds. The minimum absolute atomic E-state index is 0.173. The molecule has 5 heteroatoms. The number of likely N-dealkylation sites (tertiary alicyclic amines) is 1. The molecule has 1 aliphatic rings. The van der Waals surface area contributed by atoms with Crippen molar-refractivity contribution >= 4 is 0 Å². The van der Waals surface area contributed by atoms with E-state index in [1.54, 1.807) is 7.11 Å². The minimum atomic E-state index is 0.173. The lowest BCUT2D eigenvalue weighted by molar-refractivity contribution is 0.130. The van der Waals surface area contributed by atoms with Crippen molar-refractivity contribution in [2.45, 2.75) is 32.7 Å². The second-order valence-corrected chi connectivity index (χ2v) is 6.07. The summed E-state index contributed by atoms with van der Waals surface area (Å²) in [5.41, 5.74) is 0.916. The molecule has 1 aliphatic heterocycles. The first-order chi connectivity index (χ1) is 10.7. The molecule has 2 heterocycles. The number of aromatic nitrogens is 2. The highest BCUT2D eigenvalue weighted by atomic mass is 16.5. The standard InChI is InChI=1S/C17H23N3O2/c1-12-8-10-20(11-9-12)13(2)16-18-19-17(22-16)14-4-6-15(21-3)7-5-14/h4-7,12-13H,8-11H2,1-3H3/t13-/m0/s1. The molecule has 22 heavy (non-hydrogen) atoms. The Balaban J connectivity index is 1.72. The summed E-state index contributed by atoms with van der Waals surface area (Å²) in [7, 11) is 1.65. The minimum Gasteiger partial charge on any atom is -0.497 e. The van der Waals surface area contributed by atoms with Gasteiger partial charge in [0, 0.05) is 5.56 Å². The maximum Gasteiger partial charge on any atom is 0.247 e. The van der Waals surface area contributed by atoms with Gasteiger partial charge in [-0.25, -0.2) is 0 Å². The second kappa shape index (κ2) is 6.48. The van der Waals surface area contributed by atoms with Gasteiger partial charge in [0.05, 0.1) is 13.2 Å². The van der Waals surface area contributed by atoms with Gasteiger partial charge in [-0.3, -0.25) is 4.90 Å². The van der Waals surface area contributed by atoms with Crippen LogP contribution in [0, 0.1) is 5.92 Å². The Morgan fingerprint density at radius 1 is 1.18 bits per heavy atom. The van der Waals surface area contributed by atoms with Crippen LogP contribution in [0.25, 0.3) is 11.5 Å². The summed E-state index contributed by atoms with van der Waals surface area (Å²) in [6.45, 7) is 6.66. The van der Waals surface area contributed by atoms with Gasteiger partial charge in [0.25, 0.3) is 0 Å². The lowest BCUT2D eigenvalue weighted by Gasteiger charge is -2.33. The van der Waals surface area contributed by atoms with Crippen molar-refractivity contribution in [1.29, 1.82) is 0 Å². The Morgan fingerprint density at radius 2 is 1.86 bits per heavy atom. The summed E-state index contributed by atoms with van der Waals surface area (Å²) in [5.74, 6) is 2.90. The molecule has 1 atom stereocenters.